The molecule has 1 amide bonds. The van der Waals surface area contributed by atoms with Crippen LogP contribution < -0.4 is 10.9 Å². The molecule has 0 radical (unpaired) electrons. The average molecular weight is 406 g/mol. The molecule has 1 atom stereocenters. The molecule has 9 heteroatoms. The summed E-state index contributed by atoms with van der Waals surface area (Å²) >= 11 is 1.26. The first kappa shape index (κ1) is 20.6. The molecule has 1 aliphatic rings. The van der Waals surface area contributed by atoms with Gasteiger partial charge in [0.05, 0.1) is 30.2 Å². The summed E-state index contributed by atoms with van der Waals surface area (Å²) < 4.78 is 6.68. The van der Waals surface area contributed by atoms with Crippen LogP contribution in [0.2, 0.25) is 0 Å². The number of amides is 1. The summed E-state index contributed by atoms with van der Waals surface area (Å²) in [7, 11) is 1.62. The molecule has 3 heterocycles. The van der Waals surface area contributed by atoms with Gasteiger partial charge in [-0.25, -0.2) is 9.67 Å². The zero-order chi connectivity index (χ0) is 20.4. The molecule has 1 fully saturated rings. The first-order valence-corrected chi connectivity index (χ1v) is 10.2. The number of thiazole rings is 1. The van der Waals surface area contributed by atoms with Gasteiger partial charge < -0.3 is 10.1 Å². The summed E-state index contributed by atoms with van der Waals surface area (Å²) in [5.74, 6) is -0.151. The number of nitrogens with one attached hydrogen (secondary N) is 1. The van der Waals surface area contributed by atoms with Crippen LogP contribution in [0.1, 0.15) is 33.5 Å². The Kier molecular flexibility index (Phi) is 6.26. The molecule has 1 unspecified atom stereocenters. The predicted octanol–water partition coefficient (Wildman–Crippen LogP) is 1.28. The maximum absolute atomic E-state index is 12.8. The quantitative estimate of drug-likeness (QED) is 0.806. The summed E-state index contributed by atoms with van der Waals surface area (Å²) in [5.41, 5.74) is 2.51. The van der Waals surface area contributed by atoms with Gasteiger partial charge >= 0.3 is 0 Å². The van der Waals surface area contributed by atoms with Crippen LogP contribution in [0, 0.1) is 20.8 Å². The van der Waals surface area contributed by atoms with Crippen LogP contribution in [0.4, 0.5) is 0 Å². The van der Waals surface area contributed by atoms with Crippen molar-refractivity contribution in [2.75, 3.05) is 32.8 Å². The minimum Gasteiger partial charge on any atom is -0.379 e. The van der Waals surface area contributed by atoms with Gasteiger partial charge in [0.25, 0.3) is 11.5 Å². The minimum atomic E-state index is -0.204. The Balaban J connectivity index is 1.79. The molecule has 0 saturated carbocycles. The van der Waals surface area contributed by atoms with Crippen molar-refractivity contribution in [2.45, 2.75) is 33.7 Å². The lowest BCUT2D eigenvalue weighted by atomic mass is 10.1. The molecule has 8 nitrogen and oxygen atoms in total. The van der Waals surface area contributed by atoms with E-state index >= 15 is 0 Å². The Morgan fingerprint density at radius 1 is 1.25 bits per heavy atom. The standard InChI is InChI=1S/C19H27N5O3S/c1-11(10-24-6-8-27-9-7-24)20-17(25)16-14(4)21-18(28-16)15-12(2)13(3)22-23(5)19(15)26/h11H,6-10H2,1-5H3,(H,20,25). The number of carbonyl (C=O) groups excluding carboxylic acids is 1. The molecule has 3 rings (SSSR count). The van der Waals surface area contributed by atoms with Gasteiger partial charge in [-0.1, -0.05) is 0 Å². The number of hydrogen-bond acceptors (Lipinski definition) is 7. The van der Waals surface area contributed by atoms with Crippen LogP contribution in [-0.4, -0.2) is 64.5 Å². The van der Waals surface area contributed by atoms with Crippen LogP contribution >= 0.6 is 11.3 Å². The molecule has 1 aliphatic heterocycles. The fourth-order valence-corrected chi connectivity index (χ4v) is 4.38. The van der Waals surface area contributed by atoms with Crippen molar-refractivity contribution in [3.05, 3.63) is 32.2 Å². The number of morpholine rings is 1. The second-order valence-electron chi connectivity index (χ2n) is 7.24. The van der Waals surface area contributed by atoms with E-state index in [1.54, 1.807) is 14.0 Å². The van der Waals surface area contributed by atoms with Crippen LogP contribution in [0.25, 0.3) is 10.6 Å². The maximum Gasteiger partial charge on any atom is 0.277 e. The van der Waals surface area contributed by atoms with Gasteiger partial charge in [0.15, 0.2) is 0 Å². The van der Waals surface area contributed by atoms with Gasteiger partial charge in [-0.3, -0.25) is 14.5 Å². The van der Waals surface area contributed by atoms with Gasteiger partial charge in [0, 0.05) is 32.7 Å². The number of rotatable bonds is 5. The van der Waals surface area contributed by atoms with Crippen molar-refractivity contribution < 1.29 is 9.53 Å². The molecule has 2 aromatic heterocycles. The number of ether oxygens (including phenoxy) is 1. The number of nitrogens with zero attached hydrogens (tertiary/aromatic N) is 4. The fourth-order valence-electron chi connectivity index (χ4n) is 3.32. The van der Waals surface area contributed by atoms with E-state index in [2.05, 4.69) is 20.3 Å². The normalized spacial score (nSPS) is 16.2. The van der Waals surface area contributed by atoms with E-state index in [-0.39, 0.29) is 17.5 Å². The smallest absolute Gasteiger partial charge is 0.277 e. The highest BCUT2D eigenvalue weighted by molar-refractivity contribution is 7.17. The van der Waals surface area contributed by atoms with Gasteiger partial charge in [-0.05, 0) is 33.3 Å². The molecular weight excluding hydrogens is 378 g/mol. The summed E-state index contributed by atoms with van der Waals surface area (Å²) in [5, 5.41) is 7.82. The van der Waals surface area contributed by atoms with Gasteiger partial charge in [-0.2, -0.15) is 5.10 Å². The molecular formula is C19H27N5O3S. The molecule has 0 bridgehead atoms. The zero-order valence-electron chi connectivity index (χ0n) is 17.0. The van der Waals surface area contributed by atoms with Crippen molar-refractivity contribution in [2.24, 2.45) is 7.05 Å². The summed E-state index contributed by atoms with van der Waals surface area (Å²) in [4.78, 5) is 32.7. The van der Waals surface area contributed by atoms with Crippen molar-refractivity contribution in [3.63, 3.8) is 0 Å². The van der Waals surface area contributed by atoms with E-state index in [1.165, 1.54) is 16.0 Å². The van der Waals surface area contributed by atoms with Crippen molar-refractivity contribution >= 4 is 17.2 Å². The van der Waals surface area contributed by atoms with Crippen LogP contribution in [0.5, 0.6) is 0 Å². The monoisotopic (exact) mass is 405 g/mol. The second kappa shape index (κ2) is 8.50. The number of hydrogen-bond donors (Lipinski definition) is 1. The lowest BCUT2D eigenvalue weighted by Crippen LogP contribution is -2.46. The van der Waals surface area contributed by atoms with Crippen LogP contribution in [-0.2, 0) is 11.8 Å². The highest BCUT2D eigenvalue weighted by Crippen LogP contribution is 2.28. The third-order valence-electron chi connectivity index (χ3n) is 4.96. The zero-order valence-corrected chi connectivity index (χ0v) is 17.9. The number of aromatic nitrogens is 3. The lowest BCUT2D eigenvalue weighted by molar-refractivity contribution is 0.0342. The van der Waals surface area contributed by atoms with E-state index < -0.39 is 0 Å². The fraction of sp³-hybridized carbons (Fsp3) is 0.579. The summed E-state index contributed by atoms with van der Waals surface area (Å²) in [6.07, 6.45) is 0. The average Bonchev–Trinajstić information content (AvgIpc) is 3.02. The summed E-state index contributed by atoms with van der Waals surface area (Å²) in [6, 6.07) is 0.00771. The van der Waals surface area contributed by atoms with Crippen molar-refractivity contribution in [3.8, 4) is 10.6 Å². The molecule has 1 saturated heterocycles. The second-order valence-corrected chi connectivity index (χ2v) is 8.23. The highest BCUT2D eigenvalue weighted by Gasteiger charge is 2.22. The Bertz CT molecular complexity index is 930. The Labute approximate surface area is 168 Å². The Morgan fingerprint density at radius 2 is 1.93 bits per heavy atom. The largest absolute Gasteiger partial charge is 0.379 e. The lowest BCUT2D eigenvalue weighted by Gasteiger charge is -2.29. The number of carbonyl (C=O) groups is 1. The number of aryl methyl sites for hydroxylation is 3. The molecule has 152 valence electrons. The minimum absolute atomic E-state index is 0.00771. The van der Waals surface area contributed by atoms with E-state index in [0.29, 0.717) is 21.1 Å². The Hall–Kier alpha value is -2.10. The van der Waals surface area contributed by atoms with Gasteiger partial charge in [0.2, 0.25) is 0 Å². The molecule has 28 heavy (non-hydrogen) atoms. The SMILES string of the molecule is Cc1nc(-c2c(C)c(C)nn(C)c2=O)sc1C(=O)NC(C)CN1CCOCC1. The topological polar surface area (TPSA) is 89.3 Å². The van der Waals surface area contributed by atoms with E-state index in [4.69, 9.17) is 4.74 Å². The van der Waals surface area contributed by atoms with Crippen molar-refractivity contribution in [1.82, 2.24) is 25.0 Å². The van der Waals surface area contributed by atoms with Gasteiger partial charge in [0.1, 0.15) is 9.88 Å². The third kappa shape index (κ3) is 4.31. The van der Waals surface area contributed by atoms with Crippen LogP contribution in [0.15, 0.2) is 4.79 Å². The summed E-state index contributed by atoms with van der Waals surface area (Å²) in [6.45, 7) is 11.5. The molecule has 0 aliphatic carbocycles. The predicted molar refractivity (Wildman–Crippen MR) is 109 cm³/mol. The van der Waals surface area contributed by atoms with E-state index in [0.717, 1.165) is 44.1 Å². The maximum atomic E-state index is 12.8. The first-order valence-electron chi connectivity index (χ1n) is 9.41. The third-order valence-corrected chi connectivity index (χ3v) is 6.13. The molecule has 0 aromatic carbocycles. The molecule has 1 N–H and O–H groups in total. The van der Waals surface area contributed by atoms with E-state index in [1.807, 2.05) is 20.8 Å². The van der Waals surface area contributed by atoms with Crippen LogP contribution in [0.3, 0.4) is 0 Å². The molecule has 0 spiro atoms. The molecule has 2 aromatic rings. The highest BCUT2D eigenvalue weighted by atomic mass is 32.1. The first-order chi connectivity index (χ1) is 13.3. The Morgan fingerprint density at radius 3 is 2.61 bits per heavy atom. The van der Waals surface area contributed by atoms with Gasteiger partial charge in [-0.15, -0.1) is 11.3 Å². The van der Waals surface area contributed by atoms with E-state index in [9.17, 15) is 9.59 Å². The van der Waals surface area contributed by atoms with Crippen molar-refractivity contribution in [1.29, 1.82) is 0 Å².